The average molecular weight is 439 g/mol. The van der Waals surface area contributed by atoms with Crippen LogP contribution in [0.3, 0.4) is 0 Å². The van der Waals surface area contributed by atoms with Gasteiger partial charge >= 0.3 is 0 Å². The fourth-order valence-corrected chi connectivity index (χ4v) is 4.65. The lowest BCUT2D eigenvalue weighted by atomic mass is 10.1. The van der Waals surface area contributed by atoms with E-state index in [4.69, 9.17) is 4.74 Å². The van der Waals surface area contributed by atoms with Crippen LogP contribution in [0.15, 0.2) is 71.6 Å². The van der Waals surface area contributed by atoms with E-state index < -0.39 is 15.9 Å². The van der Waals surface area contributed by atoms with Crippen LogP contribution in [-0.4, -0.2) is 28.0 Å². The van der Waals surface area contributed by atoms with Gasteiger partial charge in [0.1, 0.15) is 12.3 Å². The van der Waals surface area contributed by atoms with Crippen molar-refractivity contribution < 1.29 is 17.9 Å². The molecule has 1 N–H and O–H groups in total. The molecule has 0 aromatic heterocycles. The predicted octanol–water partition coefficient (Wildman–Crippen LogP) is 4.45. The zero-order valence-corrected chi connectivity index (χ0v) is 18.9. The van der Waals surface area contributed by atoms with Crippen LogP contribution in [0.5, 0.6) is 5.75 Å². The van der Waals surface area contributed by atoms with E-state index in [9.17, 15) is 13.2 Å². The molecule has 31 heavy (non-hydrogen) atoms. The minimum atomic E-state index is -3.99. The third kappa shape index (κ3) is 5.06. The number of anilines is 2. The van der Waals surface area contributed by atoms with Gasteiger partial charge in [0.15, 0.2) is 0 Å². The molecule has 0 saturated heterocycles. The Bertz CT molecular complexity index is 1170. The second-order valence-electron chi connectivity index (χ2n) is 7.34. The fraction of sp³-hybridized carbons (Fsp3) is 0.208. The Balaban J connectivity index is 1.99. The maximum atomic E-state index is 13.5. The summed E-state index contributed by atoms with van der Waals surface area (Å²) in [6, 6.07) is 18.9. The smallest absolute Gasteiger partial charge is 0.264 e. The molecule has 0 fully saturated rings. The van der Waals surface area contributed by atoms with E-state index >= 15 is 0 Å². The van der Waals surface area contributed by atoms with Crippen LogP contribution in [0.1, 0.15) is 16.7 Å². The van der Waals surface area contributed by atoms with E-state index in [2.05, 4.69) is 5.32 Å². The lowest BCUT2D eigenvalue weighted by Gasteiger charge is -2.25. The molecule has 3 rings (SSSR count). The molecule has 0 spiro atoms. The van der Waals surface area contributed by atoms with Gasteiger partial charge in [0.25, 0.3) is 10.0 Å². The number of amides is 1. The summed E-state index contributed by atoms with van der Waals surface area (Å²) in [6.07, 6.45) is 0. The number of ether oxygens (including phenoxy) is 1. The van der Waals surface area contributed by atoms with Gasteiger partial charge in [0.2, 0.25) is 5.91 Å². The monoisotopic (exact) mass is 438 g/mol. The Morgan fingerprint density at radius 2 is 1.55 bits per heavy atom. The zero-order valence-electron chi connectivity index (χ0n) is 18.0. The number of nitrogens with zero attached hydrogens (tertiary/aromatic N) is 1. The molecule has 6 nitrogen and oxygen atoms in total. The lowest BCUT2D eigenvalue weighted by molar-refractivity contribution is -0.114. The molecular weight excluding hydrogens is 412 g/mol. The number of nitrogens with one attached hydrogen (secondary N) is 1. The minimum Gasteiger partial charge on any atom is -0.497 e. The van der Waals surface area contributed by atoms with Crippen LogP contribution in [-0.2, 0) is 14.8 Å². The first kappa shape index (κ1) is 22.4. The fourth-order valence-electron chi connectivity index (χ4n) is 3.24. The third-order valence-electron chi connectivity index (χ3n) is 4.98. The van der Waals surface area contributed by atoms with Crippen LogP contribution < -0.4 is 14.4 Å². The highest BCUT2D eigenvalue weighted by molar-refractivity contribution is 7.92. The van der Waals surface area contributed by atoms with Crippen molar-refractivity contribution in [2.75, 3.05) is 23.3 Å². The highest BCUT2D eigenvalue weighted by Crippen LogP contribution is 2.27. The average Bonchev–Trinajstić information content (AvgIpc) is 2.75. The molecule has 3 aromatic rings. The quantitative estimate of drug-likeness (QED) is 0.591. The highest BCUT2D eigenvalue weighted by atomic mass is 32.2. The second kappa shape index (κ2) is 9.22. The summed E-state index contributed by atoms with van der Waals surface area (Å²) >= 11 is 0. The topological polar surface area (TPSA) is 75.7 Å². The first-order valence-electron chi connectivity index (χ1n) is 9.82. The number of sulfonamides is 1. The maximum Gasteiger partial charge on any atom is 0.264 e. The van der Waals surface area contributed by atoms with Crippen LogP contribution in [0.25, 0.3) is 0 Å². The third-order valence-corrected chi connectivity index (χ3v) is 6.77. The molecule has 7 heteroatoms. The summed E-state index contributed by atoms with van der Waals surface area (Å²) in [6.45, 7) is 5.29. The van der Waals surface area contributed by atoms with Gasteiger partial charge in [0, 0.05) is 11.8 Å². The summed E-state index contributed by atoms with van der Waals surface area (Å²) in [4.78, 5) is 13.1. The van der Waals surface area contributed by atoms with Crippen molar-refractivity contribution in [2.24, 2.45) is 0 Å². The second-order valence-corrected chi connectivity index (χ2v) is 9.20. The van der Waals surface area contributed by atoms with E-state index in [1.54, 1.807) is 48.5 Å². The summed E-state index contributed by atoms with van der Waals surface area (Å²) in [5.41, 5.74) is 3.78. The Morgan fingerprint density at radius 1 is 0.935 bits per heavy atom. The van der Waals surface area contributed by atoms with Crippen molar-refractivity contribution in [1.29, 1.82) is 0 Å². The van der Waals surface area contributed by atoms with Gasteiger partial charge in [-0.1, -0.05) is 42.0 Å². The van der Waals surface area contributed by atoms with Gasteiger partial charge in [0.05, 0.1) is 17.7 Å². The molecule has 0 radical (unpaired) electrons. The normalized spacial score (nSPS) is 11.1. The molecule has 0 aliphatic carbocycles. The number of methoxy groups -OCH3 is 1. The number of carbonyl (C=O) groups excluding carboxylic acids is 1. The van der Waals surface area contributed by atoms with Crippen molar-refractivity contribution in [3.05, 3.63) is 83.4 Å². The van der Waals surface area contributed by atoms with E-state index in [0.717, 1.165) is 21.0 Å². The Labute approximate surface area is 183 Å². The molecule has 162 valence electrons. The SMILES string of the molecule is COc1cccc(N(CC(=O)Nc2c(C)cccc2C)S(=O)(=O)c2ccc(C)cc2)c1. The molecule has 0 aliphatic heterocycles. The van der Waals surface area contributed by atoms with Gasteiger partial charge in [-0.15, -0.1) is 0 Å². The first-order chi connectivity index (χ1) is 14.7. The van der Waals surface area contributed by atoms with Crippen LogP contribution in [0.4, 0.5) is 11.4 Å². The highest BCUT2D eigenvalue weighted by Gasteiger charge is 2.28. The first-order valence-corrected chi connectivity index (χ1v) is 11.3. The molecule has 0 saturated carbocycles. The zero-order chi connectivity index (χ0) is 22.6. The molecule has 3 aromatic carbocycles. The number of benzene rings is 3. The Morgan fingerprint density at radius 3 is 2.16 bits per heavy atom. The minimum absolute atomic E-state index is 0.112. The molecule has 0 aliphatic rings. The lowest BCUT2D eigenvalue weighted by Crippen LogP contribution is -2.38. The summed E-state index contributed by atoms with van der Waals surface area (Å²) in [5, 5.41) is 2.86. The molecular formula is C24H26N2O4S. The molecule has 0 atom stereocenters. The van der Waals surface area contributed by atoms with Gasteiger partial charge in [-0.25, -0.2) is 8.42 Å². The van der Waals surface area contributed by atoms with Gasteiger partial charge < -0.3 is 10.1 Å². The van der Waals surface area contributed by atoms with Crippen LogP contribution in [0.2, 0.25) is 0 Å². The molecule has 0 unspecified atom stereocenters. The summed E-state index contributed by atoms with van der Waals surface area (Å²) in [5.74, 6) is 0.0627. The largest absolute Gasteiger partial charge is 0.497 e. The van der Waals surface area contributed by atoms with E-state index in [1.807, 2.05) is 39.0 Å². The van der Waals surface area contributed by atoms with Crippen molar-refractivity contribution in [3.63, 3.8) is 0 Å². The number of hydrogen-bond acceptors (Lipinski definition) is 4. The predicted molar refractivity (Wildman–Crippen MR) is 123 cm³/mol. The number of rotatable bonds is 7. The van der Waals surface area contributed by atoms with Crippen LogP contribution in [0, 0.1) is 20.8 Å². The van der Waals surface area contributed by atoms with Crippen molar-refractivity contribution >= 4 is 27.3 Å². The summed E-state index contributed by atoms with van der Waals surface area (Å²) in [7, 11) is -2.48. The molecule has 0 heterocycles. The van der Waals surface area contributed by atoms with Crippen molar-refractivity contribution in [2.45, 2.75) is 25.7 Å². The van der Waals surface area contributed by atoms with Crippen molar-refractivity contribution in [1.82, 2.24) is 0 Å². The maximum absolute atomic E-state index is 13.5. The van der Waals surface area contributed by atoms with Gasteiger partial charge in [-0.05, 0) is 56.2 Å². The Hall–Kier alpha value is -3.32. The van der Waals surface area contributed by atoms with Crippen LogP contribution >= 0.6 is 0 Å². The number of para-hydroxylation sites is 1. The van der Waals surface area contributed by atoms with Crippen molar-refractivity contribution in [3.8, 4) is 5.75 Å². The van der Waals surface area contributed by atoms with Gasteiger partial charge in [-0.3, -0.25) is 9.10 Å². The Kier molecular flexibility index (Phi) is 6.65. The van der Waals surface area contributed by atoms with E-state index in [1.165, 1.54) is 7.11 Å². The van der Waals surface area contributed by atoms with E-state index in [0.29, 0.717) is 17.1 Å². The van der Waals surface area contributed by atoms with Gasteiger partial charge in [-0.2, -0.15) is 0 Å². The number of hydrogen-bond donors (Lipinski definition) is 1. The molecule has 0 bridgehead atoms. The summed E-state index contributed by atoms with van der Waals surface area (Å²) < 4.78 is 33.3. The standard InChI is InChI=1S/C24H26N2O4S/c1-17-11-13-22(14-12-17)31(28,29)26(20-9-6-10-21(15-20)30-4)16-23(27)25-24-18(2)7-5-8-19(24)3/h5-15H,16H2,1-4H3,(H,25,27). The van der Waals surface area contributed by atoms with E-state index in [-0.39, 0.29) is 11.4 Å². The number of aryl methyl sites for hydroxylation is 3. The number of carbonyl (C=O) groups is 1. The molecule has 1 amide bonds.